The minimum Gasteiger partial charge on any atom is -0.754 e. The molecule has 1 aliphatic heterocycles. The summed E-state index contributed by atoms with van der Waals surface area (Å²) in [7, 11) is 0. The highest BCUT2D eigenvalue weighted by Crippen LogP contribution is 2.30. The number of hydrogen-bond donors (Lipinski definition) is 1. The lowest BCUT2D eigenvalue weighted by atomic mass is 10.3. The Bertz CT molecular complexity index is 455. The summed E-state index contributed by atoms with van der Waals surface area (Å²) in [6.07, 6.45) is 0. The van der Waals surface area contributed by atoms with Crippen LogP contribution >= 0.6 is 23.4 Å². The molecule has 1 saturated heterocycles. The predicted molar refractivity (Wildman–Crippen MR) is 73.4 cm³/mol. The fraction of sp³-hybridized carbons (Fsp3) is 0.400. The van der Waals surface area contributed by atoms with Crippen molar-refractivity contribution in [3.63, 3.8) is 0 Å². The topological polar surface area (TPSA) is 66.8 Å². The molecule has 100 valence electrons. The first-order valence-electron chi connectivity index (χ1n) is 5.30. The molecule has 0 amide bonds. The normalized spacial score (nSPS) is 18.6. The van der Waals surface area contributed by atoms with Crippen LogP contribution in [0.25, 0.3) is 0 Å². The third kappa shape index (κ3) is 3.10. The van der Waals surface area contributed by atoms with Gasteiger partial charge in [-0.2, -0.15) is 11.8 Å². The van der Waals surface area contributed by atoms with Gasteiger partial charge in [-0.1, -0.05) is 11.6 Å². The van der Waals surface area contributed by atoms with Crippen LogP contribution in [-0.4, -0.2) is 43.5 Å². The van der Waals surface area contributed by atoms with Gasteiger partial charge in [0.05, 0.1) is 22.0 Å². The van der Waals surface area contributed by atoms with E-state index in [1.54, 1.807) is 16.8 Å². The molecule has 1 aromatic rings. The summed E-state index contributed by atoms with van der Waals surface area (Å²) in [5.74, 6) is 1.71. The van der Waals surface area contributed by atoms with Gasteiger partial charge in [0, 0.05) is 24.6 Å². The van der Waals surface area contributed by atoms with E-state index >= 15 is 0 Å². The lowest BCUT2D eigenvalue weighted by Crippen LogP contribution is -2.48. The number of anilines is 1. The minimum absolute atomic E-state index is 0.0637. The molecular formula is C10H12ClN2O3S2-. The highest BCUT2D eigenvalue weighted by molar-refractivity contribution is 7.99. The van der Waals surface area contributed by atoms with E-state index in [2.05, 4.69) is 0 Å². The molecule has 1 N–H and O–H groups in total. The molecule has 0 aromatic heterocycles. The zero-order valence-electron chi connectivity index (χ0n) is 9.41. The second-order valence-electron chi connectivity index (χ2n) is 3.69. The van der Waals surface area contributed by atoms with Gasteiger partial charge < -0.3 is 9.66 Å². The SMILES string of the molecule is O=S([O-])N(c1ccc(O)c(Cl)c1)N1CCSCC1. The Balaban J connectivity index is 2.28. The van der Waals surface area contributed by atoms with E-state index in [1.165, 1.54) is 22.6 Å². The van der Waals surface area contributed by atoms with Crippen LogP contribution in [0.5, 0.6) is 5.75 Å². The van der Waals surface area contributed by atoms with Crippen LogP contribution in [0.15, 0.2) is 18.2 Å². The van der Waals surface area contributed by atoms with Gasteiger partial charge in [0.2, 0.25) is 0 Å². The molecule has 0 saturated carbocycles. The summed E-state index contributed by atoms with van der Waals surface area (Å²) in [6, 6.07) is 4.35. The molecule has 1 atom stereocenters. The van der Waals surface area contributed by atoms with Crippen molar-refractivity contribution in [1.29, 1.82) is 0 Å². The summed E-state index contributed by atoms with van der Waals surface area (Å²) in [4.78, 5) is 0. The zero-order chi connectivity index (χ0) is 13.1. The van der Waals surface area contributed by atoms with Crippen molar-refractivity contribution < 1.29 is 13.9 Å². The maximum absolute atomic E-state index is 11.4. The third-order valence-electron chi connectivity index (χ3n) is 2.54. The number of aromatic hydroxyl groups is 1. The van der Waals surface area contributed by atoms with Crippen LogP contribution in [0.3, 0.4) is 0 Å². The summed E-state index contributed by atoms with van der Waals surface area (Å²) in [5, 5.41) is 11.2. The van der Waals surface area contributed by atoms with Crippen molar-refractivity contribution >= 4 is 40.3 Å². The largest absolute Gasteiger partial charge is 0.754 e. The maximum Gasteiger partial charge on any atom is 0.134 e. The first-order chi connectivity index (χ1) is 8.59. The lowest BCUT2D eigenvalue weighted by molar-refractivity contribution is 0.314. The van der Waals surface area contributed by atoms with Gasteiger partial charge in [0.15, 0.2) is 0 Å². The van der Waals surface area contributed by atoms with Gasteiger partial charge in [-0.15, -0.1) is 0 Å². The summed E-state index contributed by atoms with van der Waals surface area (Å²) >= 11 is 5.19. The first-order valence-corrected chi connectivity index (χ1v) is 7.86. The van der Waals surface area contributed by atoms with Crippen LogP contribution in [0.4, 0.5) is 5.69 Å². The molecule has 1 aromatic carbocycles. The molecule has 5 nitrogen and oxygen atoms in total. The number of benzene rings is 1. The van der Waals surface area contributed by atoms with Crippen molar-refractivity contribution in [2.45, 2.75) is 0 Å². The average molecular weight is 308 g/mol. The Morgan fingerprint density at radius 3 is 2.67 bits per heavy atom. The smallest absolute Gasteiger partial charge is 0.134 e. The maximum atomic E-state index is 11.4. The fourth-order valence-electron chi connectivity index (χ4n) is 1.69. The standard InChI is InChI=1S/C10H13ClN2O3S2/c11-9-7-8(1-2-10(9)14)13(18(15)16)12-3-5-17-6-4-12/h1-2,7,14H,3-6H2,(H,15,16)/p-1. The van der Waals surface area contributed by atoms with Crippen LogP contribution < -0.4 is 4.41 Å². The number of halogens is 1. The Morgan fingerprint density at radius 1 is 1.44 bits per heavy atom. The molecule has 18 heavy (non-hydrogen) atoms. The van der Waals surface area contributed by atoms with Crippen LogP contribution in [0.2, 0.25) is 5.02 Å². The van der Waals surface area contributed by atoms with Gasteiger partial charge in [-0.3, -0.25) is 4.21 Å². The van der Waals surface area contributed by atoms with E-state index in [1.807, 2.05) is 0 Å². The minimum atomic E-state index is -2.41. The molecule has 8 heteroatoms. The molecule has 0 aliphatic carbocycles. The van der Waals surface area contributed by atoms with Crippen LogP contribution in [-0.2, 0) is 11.3 Å². The van der Waals surface area contributed by atoms with Gasteiger partial charge in [0.1, 0.15) is 5.75 Å². The highest BCUT2D eigenvalue weighted by Gasteiger charge is 2.20. The number of phenolic OH excluding ortho intramolecular Hbond substituents is 1. The Kier molecular flexibility index (Phi) is 4.74. The van der Waals surface area contributed by atoms with Crippen molar-refractivity contribution in [2.24, 2.45) is 0 Å². The predicted octanol–water partition coefficient (Wildman–Crippen LogP) is 1.61. The number of thioether (sulfide) groups is 1. The number of rotatable bonds is 3. The second-order valence-corrected chi connectivity index (χ2v) is 6.10. The number of phenols is 1. The molecule has 2 rings (SSSR count). The first kappa shape index (κ1) is 14.0. The number of hydrazine groups is 1. The van der Waals surface area contributed by atoms with Gasteiger partial charge in [0.25, 0.3) is 0 Å². The van der Waals surface area contributed by atoms with E-state index < -0.39 is 11.3 Å². The van der Waals surface area contributed by atoms with E-state index in [4.69, 9.17) is 11.6 Å². The van der Waals surface area contributed by atoms with E-state index in [0.29, 0.717) is 18.8 Å². The van der Waals surface area contributed by atoms with Gasteiger partial charge in [-0.05, 0) is 18.2 Å². The molecule has 1 aliphatic rings. The Hall–Kier alpha value is -0.470. The van der Waals surface area contributed by atoms with Gasteiger partial charge in [-0.25, -0.2) is 9.42 Å². The van der Waals surface area contributed by atoms with Crippen molar-refractivity contribution in [2.75, 3.05) is 29.0 Å². The fourth-order valence-corrected chi connectivity index (χ4v) is 3.39. The van der Waals surface area contributed by atoms with Crippen molar-refractivity contribution in [3.8, 4) is 5.75 Å². The molecule has 0 spiro atoms. The molecule has 0 bridgehead atoms. The van der Waals surface area contributed by atoms with Gasteiger partial charge >= 0.3 is 0 Å². The molecule has 1 unspecified atom stereocenters. The second kappa shape index (κ2) is 6.12. The summed E-state index contributed by atoms with van der Waals surface area (Å²) < 4.78 is 23.9. The molecule has 1 fully saturated rings. The van der Waals surface area contributed by atoms with E-state index in [0.717, 1.165) is 11.5 Å². The lowest BCUT2D eigenvalue weighted by Gasteiger charge is -2.39. The summed E-state index contributed by atoms with van der Waals surface area (Å²) in [6.45, 7) is 1.33. The van der Waals surface area contributed by atoms with Crippen LogP contribution in [0, 0.1) is 0 Å². The van der Waals surface area contributed by atoms with E-state index in [9.17, 15) is 13.9 Å². The van der Waals surface area contributed by atoms with Crippen molar-refractivity contribution in [1.82, 2.24) is 5.01 Å². The summed E-state index contributed by atoms with van der Waals surface area (Å²) in [5.41, 5.74) is 0.429. The molecule has 0 radical (unpaired) electrons. The third-order valence-corrected chi connectivity index (χ3v) is 4.51. The highest BCUT2D eigenvalue weighted by atomic mass is 35.5. The van der Waals surface area contributed by atoms with Crippen LogP contribution in [0.1, 0.15) is 0 Å². The average Bonchev–Trinajstić information content (AvgIpc) is 2.35. The van der Waals surface area contributed by atoms with Crippen molar-refractivity contribution in [3.05, 3.63) is 23.2 Å². The zero-order valence-corrected chi connectivity index (χ0v) is 11.8. The Morgan fingerprint density at radius 2 is 2.11 bits per heavy atom. The monoisotopic (exact) mass is 307 g/mol. The molecule has 1 heterocycles. The van der Waals surface area contributed by atoms with E-state index in [-0.39, 0.29) is 10.8 Å². The molecular weight excluding hydrogens is 296 g/mol. The number of hydrogen-bond acceptors (Lipinski definition) is 5. The quantitative estimate of drug-likeness (QED) is 0.859. The Labute approximate surface area is 117 Å². The number of nitrogens with zero attached hydrogens (tertiary/aromatic N) is 2.